The largest absolute Gasteiger partial charge is 0.462 e. The minimum absolute atomic E-state index is 0.460. The lowest BCUT2D eigenvalue weighted by molar-refractivity contribution is -0.600. The first-order valence-corrected chi connectivity index (χ1v) is 18.3. The maximum atomic E-state index is 15.0. The number of ether oxygens (including phenoxy) is 5. The van der Waals surface area contributed by atoms with E-state index < -0.39 is 155 Å². The summed E-state index contributed by atoms with van der Waals surface area (Å²) in [5.74, 6) is -57.9. The molecule has 0 saturated heterocycles. The van der Waals surface area contributed by atoms with Gasteiger partial charge in [-0.05, 0) is 12.8 Å². The Morgan fingerprint density at radius 3 is 1.01 bits per heavy atom. The third-order valence-corrected chi connectivity index (χ3v) is 8.86. The smallest absolute Gasteiger partial charge is 0.356 e. The summed E-state index contributed by atoms with van der Waals surface area (Å²) in [6.45, 7) is -1.71. The van der Waals surface area contributed by atoms with Crippen molar-refractivity contribution in [3.8, 4) is 0 Å². The van der Waals surface area contributed by atoms with Crippen molar-refractivity contribution in [2.45, 2.75) is 134 Å². The van der Waals surface area contributed by atoms with Crippen LogP contribution in [0.2, 0.25) is 0 Å². The van der Waals surface area contributed by atoms with Crippen LogP contribution in [0.4, 0.5) is 154 Å². The number of rotatable bonds is 27. The van der Waals surface area contributed by atoms with Crippen LogP contribution in [-0.4, -0.2) is 136 Å². The second-order valence-corrected chi connectivity index (χ2v) is 14.6. The van der Waals surface area contributed by atoms with Gasteiger partial charge in [-0.25, -0.2) is 5.26 Å². The van der Waals surface area contributed by atoms with Gasteiger partial charge in [0, 0.05) is 22.4 Å². The first-order valence-electron chi connectivity index (χ1n) is 16.6. The van der Waals surface area contributed by atoms with Gasteiger partial charge in [0.15, 0.2) is 0 Å². The highest BCUT2D eigenvalue weighted by Crippen LogP contribution is 2.62. The number of hydrogen-bond donors (Lipinski definition) is 4. The van der Waals surface area contributed by atoms with Crippen LogP contribution in [0.1, 0.15) is 25.7 Å². The molecule has 0 rings (SSSR count). The minimum Gasteiger partial charge on any atom is -0.356 e. The number of alkyl halides is 35. The maximum Gasteiger partial charge on any atom is 0.462 e. The van der Waals surface area contributed by atoms with Crippen LogP contribution in [0.15, 0.2) is 0 Å². The molecule has 0 fully saturated rings. The molecule has 0 aromatic heterocycles. The summed E-state index contributed by atoms with van der Waals surface area (Å²) in [6, 6.07) is 0. The number of aliphatic hydroxyl groups is 1. The number of amides is 1. The van der Waals surface area contributed by atoms with Crippen LogP contribution in [0.5, 0.6) is 0 Å². The Morgan fingerprint density at radius 1 is 0.440 bits per heavy atom. The van der Waals surface area contributed by atoms with E-state index in [1.165, 1.54) is 9.47 Å². The van der Waals surface area contributed by atoms with Crippen molar-refractivity contribution in [3.05, 3.63) is 0 Å². The summed E-state index contributed by atoms with van der Waals surface area (Å²) in [5.41, 5.74) is -3.14. The number of nitrogens with one attached hydrogen (secondary N) is 1. The lowest BCUT2D eigenvalue weighted by Crippen LogP contribution is -2.73. The molecule has 0 aliphatic heterocycles. The Labute approximate surface area is 387 Å². The molecule has 0 bridgehead atoms. The molecule has 0 aliphatic carbocycles. The number of halogens is 35. The molecule has 0 aliphatic rings. The first kappa shape index (κ1) is 72.4. The Bertz CT molecular complexity index is 1900. The molecule has 8 unspecified atom stereocenters. The zero-order chi connectivity index (χ0) is 60.8. The second kappa shape index (κ2) is 22.1. The fourth-order valence-corrected chi connectivity index (χ4v) is 4.63. The molecule has 1 amide bonds. The first-order chi connectivity index (χ1) is 32.5. The average Bonchev–Trinajstić information content (AvgIpc) is 3.17. The molecule has 0 heterocycles. The molecule has 0 radical (unpaired) electrons. The van der Waals surface area contributed by atoms with Crippen molar-refractivity contribution < 1.29 is 217 Å². The molecule has 450 valence electrons. The molecule has 0 spiro atoms. The molecular weight excluding hydrogens is 1240 g/mol. The molecule has 14 nitrogen and oxygen atoms in total. The van der Waals surface area contributed by atoms with Crippen molar-refractivity contribution in [1.82, 2.24) is 5.32 Å². The van der Waals surface area contributed by atoms with Gasteiger partial charge in [-0.3, -0.25) is 28.5 Å². The SMILES string of the molecule is O=C(NCCCCCC(O)(OOOP)P(O)OO)C(F)(OC(F)(F)C(F)(OC(F)(F)C(F)(OC(F)(F)C(F)(OC(F)(F)C(F)(OC(F)(F)C(F)(F)C(F)(F)F)C(F)(F)F)C(F)(F)F)C(F)(F)F)C(F)(F)F)C(F)(F)F. The van der Waals surface area contributed by atoms with Gasteiger partial charge in [-0.15, -0.1) is 0 Å². The maximum absolute atomic E-state index is 15.0. The Hall–Kier alpha value is -2.60. The number of carbonyl (C=O) groups is 1. The summed E-state index contributed by atoms with van der Waals surface area (Å²) < 4.78 is 494. The molecule has 75 heavy (non-hydrogen) atoms. The van der Waals surface area contributed by atoms with Crippen molar-refractivity contribution in [1.29, 1.82) is 0 Å². The molecule has 0 aromatic carbocycles. The van der Waals surface area contributed by atoms with Crippen LogP contribution in [0, 0.1) is 0 Å². The van der Waals surface area contributed by atoms with Gasteiger partial charge in [0.1, 0.15) is 0 Å². The molecular formula is C24H16F35NO13P2. The lowest BCUT2D eigenvalue weighted by Gasteiger charge is -2.44. The summed E-state index contributed by atoms with van der Waals surface area (Å²) in [6.07, 6.45) is -102. The Balaban J connectivity index is 7.60. The Kier molecular flexibility index (Phi) is 21.4. The highest BCUT2D eigenvalue weighted by atomic mass is 31.2. The van der Waals surface area contributed by atoms with Gasteiger partial charge in [0.25, 0.3) is 19.8 Å². The molecule has 8 atom stereocenters. The molecule has 0 aromatic rings. The quantitative estimate of drug-likeness (QED) is 0.0153. The number of hydrogen-bond acceptors (Lipinski definition) is 13. The van der Waals surface area contributed by atoms with Gasteiger partial charge in [-0.1, -0.05) is 11.5 Å². The van der Waals surface area contributed by atoms with Crippen LogP contribution in [0.25, 0.3) is 0 Å². The predicted molar refractivity (Wildman–Crippen MR) is 153 cm³/mol. The van der Waals surface area contributed by atoms with Gasteiger partial charge in [0.05, 0.1) is 0 Å². The van der Waals surface area contributed by atoms with Crippen molar-refractivity contribution >= 4 is 23.7 Å². The van der Waals surface area contributed by atoms with Crippen molar-refractivity contribution in [2.24, 2.45) is 0 Å². The molecule has 0 saturated carbocycles. The predicted octanol–water partition coefficient (Wildman–Crippen LogP) is 11.2. The highest BCUT2D eigenvalue weighted by molar-refractivity contribution is 7.47. The van der Waals surface area contributed by atoms with Crippen LogP contribution in [-0.2, 0) is 47.8 Å². The fraction of sp³-hybridized carbons (Fsp3) is 0.958. The average molecular weight is 1250 g/mol. The van der Waals surface area contributed by atoms with Crippen molar-refractivity contribution in [2.75, 3.05) is 6.54 Å². The van der Waals surface area contributed by atoms with Gasteiger partial charge >= 0.3 is 103 Å². The molecule has 4 N–H and O–H groups in total. The lowest BCUT2D eigenvalue weighted by atomic mass is 10.1. The number of carbonyl (C=O) groups excluding carboxylic acids is 1. The van der Waals surface area contributed by atoms with Crippen LogP contribution < -0.4 is 5.32 Å². The van der Waals surface area contributed by atoms with E-state index in [1.54, 1.807) is 4.74 Å². The van der Waals surface area contributed by atoms with E-state index in [0.29, 0.717) is 5.32 Å². The standard InChI is InChI=1S/C24H16F35NO13P2/c25-8(14(32,33)34,6(61)60-5-3-1-2-4-7(62,70-72-73-74)75(64)71-63)65-21(52,53)10(28,16(38,39)40)67-23(56,57)12(30,18(44,45)46)69-24(58,59)13(31,19(47,48)49)68-22(54,55)11(29,17(41,42)43)66-20(50,51)9(26,27)15(35,36)37/h62-64H,1-5,74H2,(H,60,61). The van der Waals surface area contributed by atoms with Crippen molar-refractivity contribution in [3.63, 3.8) is 0 Å². The Morgan fingerprint density at radius 2 is 0.747 bits per heavy atom. The van der Waals surface area contributed by atoms with E-state index in [9.17, 15) is 168 Å². The van der Waals surface area contributed by atoms with E-state index in [2.05, 4.69) is 19.3 Å². The minimum atomic E-state index is -9.67. The third kappa shape index (κ3) is 14.2. The van der Waals surface area contributed by atoms with E-state index in [0.717, 1.165) is 18.9 Å². The van der Waals surface area contributed by atoms with E-state index >= 15 is 0 Å². The molecule has 51 heteroatoms. The van der Waals surface area contributed by atoms with E-state index in [4.69, 9.17) is 5.26 Å². The van der Waals surface area contributed by atoms with Gasteiger partial charge in [-0.2, -0.15) is 168 Å². The third-order valence-electron chi connectivity index (χ3n) is 7.73. The summed E-state index contributed by atoms with van der Waals surface area (Å²) in [5, 5.41) is 22.6. The van der Waals surface area contributed by atoms with Gasteiger partial charge < -0.3 is 15.3 Å². The zero-order valence-electron chi connectivity index (χ0n) is 33.2. The van der Waals surface area contributed by atoms with Crippen LogP contribution >= 0.6 is 17.8 Å². The van der Waals surface area contributed by atoms with Crippen LogP contribution in [0.3, 0.4) is 0 Å². The summed E-state index contributed by atoms with van der Waals surface area (Å²) in [4.78, 5) is 25.4. The highest BCUT2D eigenvalue weighted by Gasteiger charge is 2.91. The normalized spacial score (nSPS) is 20.3. The summed E-state index contributed by atoms with van der Waals surface area (Å²) in [7, 11) is -2.25. The topological polar surface area (TPSA) is 173 Å². The zero-order valence-corrected chi connectivity index (χ0v) is 35.3. The van der Waals surface area contributed by atoms with Gasteiger partial charge in [0.2, 0.25) is 0 Å². The summed E-state index contributed by atoms with van der Waals surface area (Å²) >= 11 is 0. The number of unbranched alkanes of at least 4 members (excludes halogenated alkanes) is 2. The second-order valence-electron chi connectivity index (χ2n) is 13.0. The van der Waals surface area contributed by atoms with E-state index in [1.807, 2.05) is 0 Å². The monoisotopic (exact) mass is 1250 g/mol. The van der Waals surface area contributed by atoms with E-state index in [-0.39, 0.29) is 0 Å². The fourth-order valence-electron chi connectivity index (χ4n) is 4.02.